The highest BCUT2D eigenvalue weighted by molar-refractivity contribution is 5.91. The van der Waals surface area contributed by atoms with Crippen molar-refractivity contribution in [3.63, 3.8) is 0 Å². The molecule has 4 aromatic rings. The predicted molar refractivity (Wildman–Crippen MR) is 116 cm³/mol. The Bertz CT molecular complexity index is 1070. The lowest BCUT2D eigenvalue weighted by atomic mass is 10.0. The first-order valence-electron chi connectivity index (χ1n) is 9.56. The van der Waals surface area contributed by atoms with Gasteiger partial charge in [0, 0.05) is 0 Å². The van der Waals surface area contributed by atoms with Gasteiger partial charge >= 0.3 is 5.97 Å². The molecule has 0 fully saturated rings. The summed E-state index contributed by atoms with van der Waals surface area (Å²) >= 11 is 0. The summed E-state index contributed by atoms with van der Waals surface area (Å²) in [5, 5.41) is 0. The number of carbonyl (C=O) groups excluding carboxylic acids is 1. The fraction of sp³-hybridized carbons (Fsp3) is 0.0385. The van der Waals surface area contributed by atoms with Crippen molar-refractivity contribution in [2.75, 3.05) is 6.79 Å². The third-order valence-electron chi connectivity index (χ3n) is 4.46. The summed E-state index contributed by atoms with van der Waals surface area (Å²) in [6.45, 7) is 0.140. The Morgan fingerprint density at radius 2 is 1.00 bits per heavy atom. The number of hydrogen-bond donors (Lipinski definition) is 0. The quantitative estimate of drug-likeness (QED) is 0.219. The molecule has 4 aromatic carbocycles. The molecule has 0 aliphatic carbocycles. The van der Waals surface area contributed by atoms with Crippen molar-refractivity contribution in [2.45, 2.75) is 0 Å². The Kier molecular flexibility index (Phi) is 6.06. The number of para-hydroxylation sites is 2. The van der Waals surface area contributed by atoms with E-state index in [9.17, 15) is 4.79 Å². The topological polar surface area (TPSA) is 44.8 Å². The van der Waals surface area contributed by atoms with Crippen LogP contribution in [0.5, 0.6) is 17.2 Å². The predicted octanol–water partition coefficient (Wildman–Crippen LogP) is 5.99. The Balaban J connectivity index is 1.34. The van der Waals surface area contributed by atoms with E-state index in [0.717, 1.165) is 22.6 Å². The number of ether oxygens (including phenoxy) is 3. The molecule has 148 valence electrons. The maximum atomic E-state index is 12.3. The van der Waals surface area contributed by atoms with Gasteiger partial charge in [-0.2, -0.15) is 0 Å². The van der Waals surface area contributed by atoms with Crippen LogP contribution in [0.3, 0.4) is 0 Å². The van der Waals surface area contributed by atoms with Gasteiger partial charge in [-0.1, -0.05) is 60.7 Å². The Hall–Kier alpha value is -4.05. The molecule has 0 saturated carbocycles. The molecule has 0 unspecified atom stereocenters. The van der Waals surface area contributed by atoms with Crippen LogP contribution in [0.4, 0.5) is 0 Å². The van der Waals surface area contributed by atoms with E-state index in [1.54, 1.807) is 24.3 Å². The van der Waals surface area contributed by atoms with Crippen molar-refractivity contribution < 1.29 is 19.0 Å². The van der Waals surface area contributed by atoms with E-state index in [-0.39, 0.29) is 12.8 Å². The second-order valence-electron chi connectivity index (χ2n) is 6.52. The SMILES string of the molecule is O=C(Oc1ccccc1)c1ccc(-c2ccc(OCOc3ccccc3)cc2)cc1. The van der Waals surface area contributed by atoms with Crippen LogP contribution in [-0.2, 0) is 0 Å². The molecule has 4 rings (SSSR count). The Morgan fingerprint density at radius 1 is 0.533 bits per heavy atom. The van der Waals surface area contributed by atoms with Crippen LogP contribution in [0.25, 0.3) is 11.1 Å². The van der Waals surface area contributed by atoms with E-state index in [1.165, 1.54) is 0 Å². The fourth-order valence-electron chi connectivity index (χ4n) is 2.88. The zero-order chi connectivity index (χ0) is 20.6. The van der Waals surface area contributed by atoms with E-state index in [4.69, 9.17) is 14.2 Å². The average molecular weight is 396 g/mol. The fourth-order valence-corrected chi connectivity index (χ4v) is 2.88. The average Bonchev–Trinajstić information content (AvgIpc) is 2.81. The van der Waals surface area contributed by atoms with Crippen molar-refractivity contribution in [3.05, 3.63) is 115 Å². The second-order valence-corrected chi connectivity index (χ2v) is 6.52. The summed E-state index contributed by atoms with van der Waals surface area (Å²) in [5.74, 6) is 1.63. The van der Waals surface area contributed by atoms with E-state index < -0.39 is 0 Å². The van der Waals surface area contributed by atoms with Crippen LogP contribution >= 0.6 is 0 Å². The summed E-state index contributed by atoms with van der Waals surface area (Å²) in [7, 11) is 0. The summed E-state index contributed by atoms with van der Waals surface area (Å²) in [5.41, 5.74) is 2.52. The molecule has 0 saturated heterocycles. The van der Waals surface area contributed by atoms with Crippen LogP contribution in [0.15, 0.2) is 109 Å². The molecule has 0 radical (unpaired) electrons. The van der Waals surface area contributed by atoms with Gasteiger partial charge in [0.05, 0.1) is 5.56 Å². The molecule has 0 bridgehead atoms. The van der Waals surface area contributed by atoms with Crippen molar-refractivity contribution in [1.29, 1.82) is 0 Å². The number of esters is 1. The van der Waals surface area contributed by atoms with E-state index in [2.05, 4.69) is 0 Å². The van der Waals surface area contributed by atoms with Crippen molar-refractivity contribution in [2.24, 2.45) is 0 Å². The van der Waals surface area contributed by atoms with Crippen LogP contribution in [0.2, 0.25) is 0 Å². The van der Waals surface area contributed by atoms with E-state index in [1.807, 2.05) is 84.9 Å². The molecule has 4 heteroatoms. The minimum absolute atomic E-state index is 0.140. The van der Waals surface area contributed by atoms with Crippen molar-refractivity contribution in [1.82, 2.24) is 0 Å². The summed E-state index contributed by atoms with van der Waals surface area (Å²) in [6.07, 6.45) is 0. The molecule has 4 nitrogen and oxygen atoms in total. The first-order chi connectivity index (χ1) is 14.8. The third kappa shape index (κ3) is 5.06. The maximum Gasteiger partial charge on any atom is 0.343 e. The van der Waals surface area contributed by atoms with Crippen LogP contribution in [-0.4, -0.2) is 12.8 Å². The lowest BCUT2D eigenvalue weighted by molar-refractivity contribution is 0.0734. The molecule has 0 heterocycles. The van der Waals surface area contributed by atoms with Gasteiger partial charge in [0.15, 0.2) is 0 Å². The van der Waals surface area contributed by atoms with Crippen molar-refractivity contribution >= 4 is 5.97 Å². The van der Waals surface area contributed by atoms with Gasteiger partial charge in [-0.05, 0) is 59.7 Å². The number of benzene rings is 4. The van der Waals surface area contributed by atoms with Gasteiger partial charge < -0.3 is 14.2 Å². The second kappa shape index (κ2) is 9.43. The van der Waals surface area contributed by atoms with Gasteiger partial charge in [-0.25, -0.2) is 4.79 Å². The van der Waals surface area contributed by atoms with E-state index >= 15 is 0 Å². The van der Waals surface area contributed by atoms with Gasteiger partial charge in [0.1, 0.15) is 17.2 Å². The smallest absolute Gasteiger partial charge is 0.343 e. The molecule has 0 atom stereocenters. The maximum absolute atomic E-state index is 12.3. The minimum atomic E-state index is -0.380. The molecule has 0 aromatic heterocycles. The highest BCUT2D eigenvalue weighted by atomic mass is 16.7. The molecule has 0 aliphatic rings. The largest absolute Gasteiger partial charge is 0.458 e. The molecule has 0 spiro atoms. The lowest BCUT2D eigenvalue weighted by Gasteiger charge is -2.09. The Labute approximate surface area is 175 Å². The lowest BCUT2D eigenvalue weighted by Crippen LogP contribution is -2.08. The third-order valence-corrected chi connectivity index (χ3v) is 4.46. The number of hydrogen-bond acceptors (Lipinski definition) is 4. The van der Waals surface area contributed by atoms with Crippen LogP contribution in [0.1, 0.15) is 10.4 Å². The molecule has 0 aliphatic heterocycles. The van der Waals surface area contributed by atoms with Crippen molar-refractivity contribution in [3.8, 4) is 28.4 Å². The zero-order valence-corrected chi connectivity index (χ0v) is 16.2. The number of carbonyl (C=O) groups is 1. The molecule has 0 N–H and O–H groups in total. The van der Waals surface area contributed by atoms with Gasteiger partial charge in [-0.3, -0.25) is 0 Å². The molecular weight excluding hydrogens is 376 g/mol. The minimum Gasteiger partial charge on any atom is -0.458 e. The number of rotatable bonds is 7. The van der Waals surface area contributed by atoms with Crippen LogP contribution < -0.4 is 14.2 Å². The van der Waals surface area contributed by atoms with Gasteiger partial charge in [-0.15, -0.1) is 0 Å². The summed E-state index contributed by atoms with van der Waals surface area (Å²) in [4.78, 5) is 12.3. The normalized spacial score (nSPS) is 10.3. The van der Waals surface area contributed by atoms with Gasteiger partial charge in [0.25, 0.3) is 0 Å². The standard InChI is InChI=1S/C26H20O4/c27-26(30-25-9-5-2-6-10-25)22-13-11-20(12-14-22)21-15-17-24(18-16-21)29-19-28-23-7-3-1-4-8-23/h1-18H,19H2. The van der Waals surface area contributed by atoms with Gasteiger partial charge in [0.2, 0.25) is 6.79 Å². The van der Waals surface area contributed by atoms with E-state index in [0.29, 0.717) is 11.3 Å². The highest BCUT2D eigenvalue weighted by Gasteiger charge is 2.09. The monoisotopic (exact) mass is 396 g/mol. The zero-order valence-electron chi connectivity index (χ0n) is 16.2. The van der Waals surface area contributed by atoms with Crippen LogP contribution in [0, 0.1) is 0 Å². The summed E-state index contributed by atoms with van der Waals surface area (Å²) in [6, 6.07) is 33.6. The molecule has 30 heavy (non-hydrogen) atoms. The Morgan fingerprint density at radius 3 is 1.57 bits per heavy atom. The summed E-state index contributed by atoms with van der Waals surface area (Å²) < 4.78 is 16.5. The molecule has 0 amide bonds. The first-order valence-corrected chi connectivity index (χ1v) is 9.56. The molecular formula is C26H20O4. The highest BCUT2D eigenvalue weighted by Crippen LogP contribution is 2.23. The first kappa shape index (κ1) is 19.3.